The number of rotatable bonds is 3. The van der Waals surface area contributed by atoms with Gasteiger partial charge in [-0.15, -0.1) is 0 Å². The van der Waals surface area contributed by atoms with E-state index in [-0.39, 0.29) is 11.5 Å². The Morgan fingerprint density at radius 2 is 1.53 bits per heavy atom. The van der Waals surface area contributed by atoms with Gasteiger partial charge in [-0.1, -0.05) is 32.9 Å². The Balaban J connectivity index is 2.73. The largest absolute Gasteiger partial charge is 0.393 e. The van der Waals surface area contributed by atoms with E-state index in [4.69, 9.17) is 0 Å². The zero-order chi connectivity index (χ0) is 13.2. The van der Waals surface area contributed by atoms with E-state index in [0.717, 1.165) is 12.8 Å². The smallest absolute Gasteiger partial charge is 0.0591 e. The summed E-state index contributed by atoms with van der Waals surface area (Å²) in [5.41, 5.74) is 5.39. The third-order valence-corrected chi connectivity index (χ3v) is 3.64. The van der Waals surface area contributed by atoms with Crippen molar-refractivity contribution in [3.8, 4) is 0 Å². The van der Waals surface area contributed by atoms with Crippen molar-refractivity contribution in [1.29, 1.82) is 0 Å². The minimum absolute atomic E-state index is 0.0202. The lowest BCUT2D eigenvalue weighted by atomic mass is 9.85. The van der Waals surface area contributed by atoms with Crippen molar-refractivity contribution in [1.82, 2.24) is 0 Å². The summed E-state index contributed by atoms with van der Waals surface area (Å²) in [4.78, 5) is 0. The SMILES string of the molecule is Cc1cc(C)c(CCC(O)C(C)(C)C)cc1C. The normalized spacial score (nSPS) is 13.8. The average Bonchev–Trinajstić information content (AvgIpc) is 2.19. The number of aliphatic hydroxyl groups is 1. The lowest BCUT2D eigenvalue weighted by molar-refractivity contribution is 0.0559. The Kier molecular flexibility index (Phi) is 4.37. The number of hydrogen-bond donors (Lipinski definition) is 1. The number of aliphatic hydroxyl groups excluding tert-OH is 1. The second-order valence-electron chi connectivity index (χ2n) is 6.28. The molecule has 1 atom stereocenters. The highest BCUT2D eigenvalue weighted by atomic mass is 16.3. The Hall–Kier alpha value is -0.820. The molecule has 1 aromatic rings. The summed E-state index contributed by atoms with van der Waals surface area (Å²) in [6.07, 6.45) is 1.57. The first-order valence-electron chi connectivity index (χ1n) is 6.46. The molecule has 1 unspecified atom stereocenters. The quantitative estimate of drug-likeness (QED) is 0.839. The van der Waals surface area contributed by atoms with Crippen LogP contribution in [-0.2, 0) is 6.42 Å². The molecule has 96 valence electrons. The first kappa shape index (κ1) is 14.2. The number of hydrogen-bond acceptors (Lipinski definition) is 1. The molecule has 0 radical (unpaired) electrons. The molecule has 0 saturated heterocycles. The standard InChI is InChI=1S/C16H26O/c1-11-9-13(3)14(10-12(11)2)7-8-15(17)16(4,5)6/h9-10,15,17H,7-8H2,1-6H3. The summed E-state index contributed by atoms with van der Waals surface area (Å²) >= 11 is 0. The van der Waals surface area contributed by atoms with E-state index in [0.29, 0.717) is 0 Å². The molecule has 0 fully saturated rings. The van der Waals surface area contributed by atoms with Gasteiger partial charge in [-0.25, -0.2) is 0 Å². The van der Waals surface area contributed by atoms with Gasteiger partial charge >= 0.3 is 0 Å². The molecule has 0 spiro atoms. The molecule has 1 rings (SSSR count). The van der Waals surface area contributed by atoms with Crippen LogP contribution in [0.15, 0.2) is 12.1 Å². The minimum atomic E-state index is -0.233. The van der Waals surface area contributed by atoms with Crippen LogP contribution in [0.4, 0.5) is 0 Å². The summed E-state index contributed by atoms with van der Waals surface area (Å²) in [5.74, 6) is 0. The van der Waals surface area contributed by atoms with Crippen molar-refractivity contribution in [2.24, 2.45) is 5.41 Å². The third kappa shape index (κ3) is 3.85. The van der Waals surface area contributed by atoms with Crippen molar-refractivity contribution >= 4 is 0 Å². The lowest BCUT2D eigenvalue weighted by Crippen LogP contribution is -2.26. The van der Waals surface area contributed by atoms with E-state index >= 15 is 0 Å². The molecule has 0 aliphatic rings. The molecule has 1 aromatic carbocycles. The fraction of sp³-hybridized carbons (Fsp3) is 0.625. The highest BCUT2D eigenvalue weighted by Gasteiger charge is 2.21. The maximum absolute atomic E-state index is 10.1. The number of aryl methyl sites for hydroxylation is 4. The molecular weight excluding hydrogens is 208 g/mol. The first-order valence-corrected chi connectivity index (χ1v) is 6.46. The van der Waals surface area contributed by atoms with Crippen molar-refractivity contribution in [2.45, 2.75) is 60.5 Å². The topological polar surface area (TPSA) is 20.2 Å². The van der Waals surface area contributed by atoms with Crippen molar-refractivity contribution < 1.29 is 5.11 Å². The molecule has 0 saturated carbocycles. The number of benzene rings is 1. The van der Waals surface area contributed by atoms with Crippen LogP contribution >= 0.6 is 0 Å². The van der Waals surface area contributed by atoms with Crippen LogP contribution in [0, 0.1) is 26.2 Å². The molecule has 0 aliphatic carbocycles. The van der Waals surface area contributed by atoms with Crippen LogP contribution in [0.5, 0.6) is 0 Å². The Bertz CT molecular complexity index is 385. The fourth-order valence-corrected chi connectivity index (χ4v) is 2.01. The van der Waals surface area contributed by atoms with E-state index in [9.17, 15) is 5.11 Å². The van der Waals surface area contributed by atoms with Crippen LogP contribution < -0.4 is 0 Å². The lowest BCUT2D eigenvalue weighted by Gasteiger charge is -2.26. The molecule has 0 heterocycles. The van der Waals surface area contributed by atoms with Gasteiger partial charge in [0.1, 0.15) is 0 Å². The molecule has 1 nitrogen and oxygen atoms in total. The molecule has 0 aliphatic heterocycles. The molecule has 0 bridgehead atoms. The zero-order valence-electron chi connectivity index (χ0n) is 12.1. The van der Waals surface area contributed by atoms with Gasteiger partial charge in [0, 0.05) is 0 Å². The first-order chi connectivity index (χ1) is 7.71. The van der Waals surface area contributed by atoms with Gasteiger partial charge in [0.15, 0.2) is 0 Å². The van der Waals surface area contributed by atoms with E-state index in [1.54, 1.807) is 0 Å². The van der Waals surface area contributed by atoms with Crippen molar-refractivity contribution in [3.05, 3.63) is 34.4 Å². The third-order valence-electron chi connectivity index (χ3n) is 3.64. The van der Waals surface area contributed by atoms with Gasteiger partial charge in [0.2, 0.25) is 0 Å². The Morgan fingerprint density at radius 1 is 1.00 bits per heavy atom. The van der Waals surface area contributed by atoms with Gasteiger partial charge < -0.3 is 5.11 Å². The monoisotopic (exact) mass is 234 g/mol. The summed E-state index contributed by atoms with van der Waals surface area (Å²) < 4.78 is 0. The van der Waals surface area contributed by atoms with Crippen LogP contribution in [-0.4, -0.2) is 11.2 Å². The Morgan fingerprint density at radius 3 is 2.06 bits per heavy atom. The van der Waals surface area contributed by atoms with Crippen LogP contribution in [0.3, 0.4) is 0 Å². The molecule has 0 amide bonds. The van der Waals surface area contributed by atoms with E-state index in [1.807, 2.05) is 0 Å². The zero-order valence-corrected chi connectivity index (χ0v) is 12.1. The van der Waals surface area contributed by atoms with Gasteiger partial charge in [-0.3, -0.25) is 0 Å². The summed E-state index contributed by atoms with van der Waals surface area (Å²) in [7, 11) is 0. The second-order valence-corrected chi connectivity index (χ2v) is 6.28. The van der Waals surface area contributed by atoms with Gasteiger partial charge in [-0.2, -0.15) is 0 Å². The van der Waals surface area contributed by atoms with Crippen LogP contribution in [0.25, 0.3) is 0 Å². The summed E-state index contributed by atoms with van der Waals surface area (Å²) in [6, 6.07) is 4.51. The average molecular weight is 234 g/mol. The second kappa shape index (κ2) is 5.22. The molecular formula is C16H26O. The van der Waals surface area contributed by atoms with E-state index in [1.165, 1.54) is 22.3 Å². The highest BCUT2D eigenvalue weighted by Crippen LogP contribution is 2.24. The van der Waals surface area contributed by atoms with Gasteiger partial charge in [0.25, 0.3) is 0 Å². The van der Waals surface area contributed by atoms with Gasteiger partial charge in [-0.05, 0) is 61.3 Å². The van der Waals surface area contributed by atoms with Crippen molar-refractivity contribution in [3.63, 3.8) is 0 Å². The molecule has 1 heteroatoms. The fourth-order valence-electron chi connectivity index (χ4n) is 2.01. The molecule has 17 heavy (non-hydrogen) atoms. The van der Waals surface area contributed by atoms with Crippen molar-refractivity contribution in [2.75, 3.05) is 0 Å². The Labute approximate surface area is 106 Å². The van der Waals surface area contributed by atoms with E-state index in [2.05, 4.69) is 53.7 Å². The maximum Gasteiger partial charge on any atom is 0.0591 e. The molecule has 0 aromatic heterocycles. The predicted octanol–water partition coefficient (Wildman–Crippen LogP) is 3.95. The van der Waals surface area contributed by atoms with E-state index < -0.39 is 0 Å². The summed E-state index contributed by atoms with van der Waals surface area (Å²) in [5, 5.41) is 10.1. The maximum atomic E-state index is 10.1. The molecule has 1 N–H and O–H groups in total. The van der Waals surface area contributed by atoms with Gasteiger partial charge in [0.05, 0.1) is 6.10 Å². The summed E-state index contributed by atoms with van der Waals surface area (Å²) in [6.45, 7) is 12.7. The van der Waals surface area contributed by atoms with Crippen LogP contribution in [0.2, 0.25) is 0 Å². The minimum Gasteiger partial charge on any atom is -0.393 e. The highest BCUT2D eigenvalue weighted by molar-refractivity contribution is 5.36. The van der Waals surface area contributed by atoms with Crippen LogP contribution in [0.1, 0.15) is 49.4 Å². The predicted molar refractivity (Wildman–Crippen MR) is 74.4 cm³/mol.